The Kier molecular flexibility index (Phi) is 7.08. The van der Waals surface area contributed by atoms with Crippen LogP contribution < -0.4 is 9.62 Å². The Morgan fingerprint density at radius 3 is 2.38 bits per heavy atom. The number of hydrogen-bond donors (Lipinski definition) is 1. The highest BCUT2D eigenvalue weighted by Crippen LogP contribution is 2.31. The van der Waals surface area contributed by atoms with E-state index in [-0.39, 0.29) is 5.75 Å². The SMILES string of the molecule is CCCNS(=O)(=O)Cc1ccc(-c2cc3ccccc3c(N3CCN(CC)CC3)n2)cc1. The quantitative estimate of drug-likeness (QED) is 0.562. The van der Waals surface area contributed by atoms with Gasteiger partial charge >= 0.3 is 0 Å². The van der Waals surface area contributed by atoms with E-state index in [1.807, 2.05) is 31.2 Å². The summed E-state index contributed by atoms with van der Waals surface area (Å²) in [4.78, 5) is 9.92. The molecular formula is C25H32N4O2S. The average molecular weight is 453 g/mol. The average Bonchev–Trinajstić information content (AvgIpc) is 2.82. The zero-order valence-corrected chi connectivity index (χ0v) is 19.7. The number of fused-ring (bicyclic) bond motifs is 1. The van der Waals surface area contributed by atoms with Crippen LogP contribution in [0, 0.1) is 0 Å². The Labute approximate surface area is 191 Å². The minimum Gasteiger partial charge on any atom is -0.354 e. The molecule has 0 spiro atoms. The van der Waals surface area contributed by atoms with Crippen molar-refractivity contribution in [1.82, 2.24) is 14.6 Å². The molecule has 4 rings (SSSR count). The second kappa shape index (κ2) is 9.98. The van der Waals surface area contributed by atoms with Gasteiger partial charge in [-0.05, 0) is 30.0 Å². The van der Waals surface area contributed by atoms with Crippen LogP contribution in [0.15, 0.2) is 54.6 Å². The van der Waals surface area contributed by atoms with Crippen LogP contribution >= 0.6 is 0 Å². The van der Waals surface area contributed by atoms with E-state index in [9.17, 15) is 8.42 Å². The molecule has 0 atom stereocenters. The first-order valence-electron chi connectivity index (χ1n) is 11.4. The number of hydrogen-bond acceptors (Lipinski definition) is 5. The zero-order chi connectivity index (χ0) is 22.6. The van der Waals surface area contributed by atoms with Crippen molar-refractivity contribution in [3.05, 3.63) is 60.2 Å². The van der Waals surface area contributed by atoms with Crippen molar-refractivity contribution in [3.8, 4) is 11.3 Å². The van der Waals surface area contributed by atoms with Gasteiger partial charge in [0.15, 0.2) is 0 Å². The summed E-state index contributed by atoms with van der Waals surface area (Å²) in [5.41, 5.74) is 2.68. The van der Waals surface area contributed by atoms with Crippen LogP contribution in [0.2, 0.25) is 0 Å². The van der Waals surface area contributed by atoms with Gasteiger partial charge in [-0.25, -0.2) is 18.1 Å². The van der Waals surface area contributed by atoms with Gasteiger partial charge in [0.1, 0.15) is 5.82 Å². The van der Waals surface area contributed by atoms with Gasteiger partial charge in [0.2, 0.25) is 10.0 Å². The van der Waals surface area contributed by atoms with Crippen molar-refractivity contribution >= 4 is 26.6 Å². The molecule has 3 aromatic rings. The maximum atomic E-state index is 12.2. The number of nitrogens with zero attached hydrogens (tertiary/aromatic N) is 3. The Morgan fingerprint density at radius 2 is 1.69 bits per heavy atom. The molecule has 2 aromatic carbocycles. The van der Waals surface area contributed by atoms with E-state index < -0.39 is 10.0 Å². The van der Waals surface area contributed by atoms with E-state index in [2.05, 4.69) is 51.8 Å². The fourth-order valence-electron chi connectivity index (χ4n) is 4.14. The van der Waals surface area contributed by atoms with Crippen molar-refractivity contribution in [2.75, 3.05) is 44.2 Å². The number of nitrogens with one attached hydrogen (secondary N) is 1. The predicted octanol–water partition coefficient (Wildman–Crippen LogP) is 3.87. The minimum absolute atomic E-state index is 0.00855. The van der Waals surface area contributed by atoms with Gasteiger partial charge in [-0.15, -0.1) is 0 Å². The third kappa shape index (κ3) is 5.28. The summed E-state index contributed by atoms with van der Waals surface area (Å²) >= 11 is 0. The van der Waals surface area contributed by atoms with Crippen LogP contribution in [-0.2, 0) is 15.8 Å². The van der Waals surface area contributed by atoms with E-state index >= 15 is 0 Å². The van der Waals surface area contributed by atoms with Gasteiger partial charge in [0.25, 0.3) is 0 Å². The van der Waals surface area contributed by atoms with E-state index in [0.29, 0.717) is 6.54 Å². The first-order valence-corrected chi connectivity index (χ1v) is 13.1. The Balaban J connectivity index is 1.62. The second-order valence-corrected chi connectivity index (χ2v) is 10.1. The molecule has 1 aliphatic heterocycles. The molecule has 7 heteroatoms. The number of benzene rings is 2. The van der Waals surface area contributed by atoms with E-state index in [1.54, 1.807) is 0 Å². The highest BCUT2D eigenvalue weighted by Gasteiger charge is 2.20. The molecule has 1 N–H and O–H groups in total. The summed E-state index contributed by atoms with van der Waals surface area (Å²) < 4.78 is 27.0. The van der Waals surface area contributed by atoms with Crippen LogP contribution in [0.3, 0.4) is 0 Å². The molecule has 2 heterocycles. The lowest BCUT2D eigenvalue weighted by molar-refractivity contribution is 0.271. The molecular weight excluding hydrogens is 420 g/mol. The van der Waals surface area contributed by atoms with Crippen LogP contribution in [-0.4, -0.2) is 57.6 Å². The Bertz CT molecular complexity index is 1150. The molecule has 1 aliphatic rings. The van der Waals surface area contributed by atoms with Gasteiger partial charge in [-0.1, -0.05) is 62.4 Å². The van der Waals surface area contributed by atoms with Gasteiger partial charge in [-0.2, -0.15) is 0 Å². The van der Waals surface area contributed by atoms with Crippen LogP contribution in [0.1, 0.15) is 25.8 Å². The molecule has 1 saturated heterocycles. The van der Waals surface area contributed by atoms with E-state index in [0.717, 1.165) is 61.8 Å². The lowest BCUT2D eigenvalue weighted by atomic mass is 10.0. The lowest BCUT2D eigenvalue weighted by Crippen LogP contribution is -2.46. The van der Waals surface area contributed by atoms with Crippen molar-refractivity contribution in [1.29, 1.82) is 0 Å². The largest absolute Gasteiger partial charge is 0.354 e. The summed E-state index contributed by atoms with van der Waals surface area (Å²) in [7, 11) is -3.31. The van der Waals surface area contributed by atoms with Crippen molar-refractivity contribution in [3.63, 3.8) is 0 Å². The fourth-order valence-corrected chi connectivity index (χ4v) is 5.39. The van der Waals surface area contributed by atoms with E-state index in [4.69, 9.17) is 4.98 Å². The van der Waals surface area contributed by atoms with Gasteiger partial charge < -0.3 is 9.80 Å². The Hall–Kier alpha value is -2.48. The summed E-state index contributed by atoms with van der Waals surface area (Å²) in [6, 6.07) is 18.2. The summed E-state index contributed by atoms with van der Waals surface area (Å²) in [5, 5.41) is 2.34. The van der Waals surface area contributed by atoms with Crippen molar-refractivity contribution < 1.29 is 8.42 Å². The highest BCUT2D eigenvalue weighted by molar-refractivity contribution is 7.88. The van der Waals surface area contributed by atoms with E-state index in [1.165, 1.54) is 10.8 Å². The molecule has 0 bridgehead atoms. The first kappa shape index (κ1) is 22.7. The number of pyridine rings is 1. The molecule has 1 aromatic heterocycles. The third-order valence-electron chi connectivity index (χ3n) is 6.02. The number of likely N-dealkylation sites (N-methyl/N-ethyl adjacent to an activating group) is 1. The topological polar surface area (TPSA) is 65.5 Å². The highest BCUT2D eigenvalue weighted by atomic mass is 32.2. The molecule has 1 fully saturated rings. The number of piperazine rings is 1. The van der Waals surface area contributed by atoms with Crippen LogP contribution in [0.4, 0.5) is 5.82 Å². The molecule has 6 nitrogen and oxygen atoms in total. The maximum absolute atomic E-state index is 12.2. The lowest BCUT2D eigenvalue weighted by Gasteiger charge is -2.35. The summed E-state index contributed by atoms with van der Waals surface area (Å²) in [6.45, 7) is 9.74. The minimum atomic E-state index is -3.31. The molecule has 170 valence electrons. The monoisotopic (exact) mass is 452 g/mol. The van der Waals surface area contributed by atoms with Gasteiger partial charge in [-0.3, -0.25) is 0 Å². The molecule has 0 saturated carbocycles. The molecule has 0 aliphatic carbocycles. The standard InChI is InChI=1S/C25H32N4O2S/c1-3-13-26-32(30,31)19-20-9-11-21(12-10-20)24-18-22-7-5-6-8-23(22)25(27-24)29-16-14-28(4-2)15-17-29/h5-12,18,26H,3-4,13-17,19H2,1-2H3. The van der Waals surface area contributed by atoms with Crippen molar-refractivity contribution in [2.45, 2.75) is 26.0 Å². The Morgan fingerprint density at radius 1 is 0.969 bits per heavy atom. The van der Waals surface area contributed by atoms with Crippen molar-refractivity contribution in [2.24, 2.45) is 0 Å². The molecule has 0 radical (unpaired) electrons. The third-order valence-corrected chi connectivity index (χ3v) is 7.37. The number of sulfonamides is 1. The van der Waals surface area contributed by atoms with Gasteiger partial charge in [0.05, 0.1) is 11.4 Å². The molecule has 0 amide bonds. The molecule has 32 heavy (non-hydrogen) atoms. The van der Waals surface area contributed by atoms with Crippen LogP contribution in [0.5, 0.6) is 0 Å². The second-order valence-electron chi connectivity index (χ2n) is 8.32. The van der Waals surface area contributed by atoms with Gasteiger partial charge in [0, 0.05) is 43.7 Å². The smallest absolute Gasteiger partial charge is 0.215 e. The fraction of sp³-hybridized carbons (Fsp3) is 0.400. The number of anilines is 1. The zero-order valence-electron chi connectivity index (χ0n) is 18.9. The summed E-state index contributed by atoms with van der Waals surface area (Å²) in [6.07, 6.45) is 0.779. The normalized spacial score (nSPS) is 15.4. The summed E-state index contributed by atoms with van der Waals surface area (Å²) in [5.74, 6) is 1.02. The first-order chi connectivity index (χ1) is 15.5. The molecule has 0 unspecified atom stereocenters. The maximum Gasteiger partial charge on any atom is 0.215 e. The van der Waals surface area contributed by atoms with Crippen LogP contribution in [0.25, 0.3) is 22.0 Å². The predicted molar refractivity (Wildman–Crippen MR) is 132 cm³/mol. The number of rotatable bonds is 8. The number of aromatic nitrogens is 1.